The summed E-state index contributed by atoms with van der Waals surface area (Å²) in [6.45, 7) is 5.46. The van der Waals surface area contributed by atoms with E-state index in [1.165, 1.54) is 7.11 Å². The Morgan fingerprint density at radius 1 is 1.04 bits per heavy atom. The SMILES string of the molecule is COC(=O)COC1C(C)OCCC1OC.COC1CCOC(C)C1. The summed E-state index contributed by atoms with van der Waals surface area (Å²) in [6.07, 6.45) is 3.44. The van der Waals surface area contributed by atoms with Gasteiger partial charge in [-0.15, -0.1) is 0 Å². The largest absolute Gasteiger partial charge is 0.467 e. The first-order valence-electron chi connectivity index (χ1n) is 8.49. The quantitative estimate of drug-likeness (QED) is 0.698. The Kier molecular flexibility index (Phi) is 10.4. The molecule has 5 unspecified atom stereocenters. The third-order valence-electron chi connectivity index (χ3n) is 4.31. The summed E-state index contributed by atoms with van der Waals surface area (Å²) in [5.41, 5.74) is 0. The maximum atomic E-state index is 10.9. The minimum atomic E-state index is -0.386. The normalized spacial score (nSPS) is 33.3. The van der Waals surface area contributed by atoms with Crippen molar-refractivity contribution in [3.63, 3.8) is 0 Å². The van der Waals surface area contributed by atoms with Crippen LogP contribution in [0.4, 0.5) is 0 Å². The van der Waals surface area contributed by atoms with Gasteiger partial charge in [0.05, 0.1) is 31.5 Å². The van der Waals surface area contributed by atoms with E-state index in [0.717, 1.165) is 25.9 Å². The number of ether oxygens (including phenoxy) is 6. The molecular weight excluding hydrogens is 316 g/mol. The van der Waals surface area contributed by atoms with Crippen molar-refractivity contribution in [2.24, 2.45) is 0 Å². The Morgan fingerprint density at radius 2 is 1.75 bits per heavy atom. The van der Waals surface area contributed by atoms with E-state index >= 15 is 0 Å². The van der Waals surface area contributed by atoms with Crippen molar-refractivity contribution in [2.45, 2.75) is 63.6 Å². The summed E-state index contributed by atoms with van der Waals surface area (Å²) in [7, 11) is 4.74. The zero-order valence-electron chi connectivity index (χ0n) is 15.5. The molecule has 0 N–H and O–H groups in total. The van der Waals surface area contributed by atoms with E-state index in [1.54, 1.807) is 14.2 Å². The molecule has 2 saturated heterocycles. The van der Waals surface area contributed by atoms with Crippen LogP contribution in [0.1, 0.15) is 33.1 Å². The second kappa shape index (κ2) is 11.8. The lowest BCUT2D eigenvalue weighted by Gasteiger charge is -2.35. The summed E-state index contributed by atoms with van der Waals surface area (Å²) in [6, 6.07) is 0. The van der Waals surface area contributed by atoms with Gasteiger partial charge in [0.25, 0.3) is 0 Å². The van der Waals surface area contributed by atoms with E-state index in [2.05, 4.69) is 11.7 Å². The second-order valence-corrected chi connectivity index (χ2v) is 6.05. The van der Waals surface area contributed by atoms with Gasteiger partial charge in [0.1, 0.15) is 12.7 Å². The molecule has 24 heavy (non-hydrogen) atoms. The van der Waals surface area contributed by atoms with Crippen molar-refractivity contribution in [1.82, 2.24) is 0 Å². The summed E-state index contributed by atoms with van der Waals surface area (Å²) in [5, 5.41) is 0. The predicted molar refractivity (Wildman–Crippen MR) is 88.0 cm³/mol. The molecule has 2 aliphatic rings. The molecule has 0 aromatic rings. The van der Waals surface area contributed by atoms with Crippen LogP contribution < -0.4 is 0 Å². The molecule has 2 rings (SSSR count). The maximum absolute atomic E-state index is 10.9. The van der Waals surface area contributed by atoms with Crippen LogP contribution >= 0.6 is 0 Å². The Labute approximate surface area is 144 Å². The zero-order valence-corrected chi connectivity index (χ0v) is 15.5. The van der Waals surface area contributed by atoms with Gasteiger partial charge in [-0.05, 0) is 33.1 Å². The summed E-state index contributed by atoms with van der Waals surface area (Å²) < 4.78 is 31.2. The first-order chi connectivity index (χ1) is 11.5. The fourth-order valence-electron chi connectivity index (χ4n) is 2.82. The number of methoxy groups -OCH3 is 3. The molecule has 0 aromatic heterocycles. The molecule has 0 spiro atoms. The molecule has 0 amide bonds. The predicted octanol–water partition coefficient (Wildman–Crippen LogP) is 1.57. The van der Waals surface area contributed by atoms with Gasteiger partial charge in [-0.3, -0.25) is 0 Å². The van der Waals surface area contributed by atoms with E-state index in [-0.39, 0.29) is 30.9 Å². The highest BCUT2D eigenvalue weighted by molar-refractivity contribution is 5.70. The Bertz CT molecular complexity index is 350. The summed E-state index contributed by atoms with van der Waals surface area (Å²) in [4.78, 5) is 10.9. The topological polar surface area (TPSA) is 72.5 Å². The van der Waals surface area contributed by atoms with E-state index in [0.29, 0.717) is 18.8 Å². The fourth-order valence-corrected chi connectivity index (χ4v) is 2.82. The van der Waals surface area contributed by atoms with Crippen LogP contribution in [0.3, 0.4) is 0 Å². The molecule has 0 radical (unpaired) electrons. The van der Waals surface area contributed by atoms with Crippen molar-refractivity contribution >= 4 is 5.97 Å². The molecule has 2 heterocycles. The lowest BCUT2D eigenvalue weighted by atomic mass is 10.0. The first-order valence-corrected chi connectivity index (χ1v) is 8.49. The Hall–Kier alpha value is -0.730. The van der Waals surface area contributed by atoms with Crippen molar-refractivity contribution in [1.29, 1.82) is 0 Å². The maximum Gasteiger partial charge on any atom is 0.331 e. The second-order valence-electron chi connectivity index (χ2n) is 6.05. The number of rotatable bonds is 5. The molecule has 7 nitrogen and oxygen atoms in total. The molecule has 142 valence electrons. The number of carbonyl (C=O) groups excluding carboxylic acids is 1. The lowest BCUT2D eigenvalue weighted by molar-refractivity contribution is -0.176. The molecule has 0 saturated carbocycles. The van der Waals surface area contributed by atoms with Gasteiger partial charge >= 0.3 is 5.97 Å². The third-order valence-corrected chi connectivity index (χ3v) is 4.31. The highest BCUT2D eigenvalue weighted by Gasteiger charge is 2.33. The lowest BCUT2D eigenvalue weighted by Crippen LogP contribution is -2.46. The molecule has 0 aliphatic carbocycles. The van der Waals surface area contributed by atoms with Crippen LogP contribution in [-0.2, 0) is 33.2 Å². The van der Waals surface area contributed by atoms with Gasteiger partial charge in [-0.1, -0.05) is 0 Å². The molecule has 5 atom stereocenters. The monoisotopic (exact) mass is 348 g/mol. The van der Waals surface area contributed by atoms with Crippen LogP contribution in [-0.4, -0.2) is 77.6 Å². The minimum Gasteiger partial charge on any atom is -0.467 e. The van der Waals surface area contributed by atoms with Crippen LogP contribution in [0.5, 0.6) is 0 Å². The first kappa shape index (κ1) is 21.3. The molecule has 0 bridgehead atoms. The highest BCUT2D eigenvalue weighted by atomic mass is 16.6. The third kappa shape index (κ3) is 7.44. The van der Waals surface area contributed by atoms with Gasteiger partial charge < -0.3 is 28.4 Å². The molecular formula is C17H32O7. The van der Waals surface area contributed by atoms with E-state index < -0.39 is 0 Å². The van der Waals surface area contributed by atoms with E-state index in [4.69, 9.17) is 23.7 Å². The summed E-state index contributed by atoms with van der Waals surface area (Å²) >= 11 is 0. The summed E-state index contributed by atoms with van der Waals surface area (Å²) in [5.74, 6) is -0.386. The standard InChI is InChI=1S/C10H18O5.C7H14O2/c1-7-10(15-6-9(11)13-3)8(12-2)4-5-14-7;1-6-5-7(8-2)3-4-9-6/h7-8,10H,4-6H2,1-3H3;6-7H,3-5H2,1-2H3. The van der Waals surface area contributed by atoms with Gasteiger partial charge in [-0.25, -0.2) is 4.79 Å². The zero-order chi connectivity index (χ0) is 17.9. The number of carbonyl (C=O) groups is 1. The highest BCUT2D eigenvalue weighted by Crippen LogP contribution is 2.20. The number of esters is 1. The van der Waals surface area contributed by atoms with Crippen LogP contribution in [0.2, 0.25) is 0 Å². The molecule has 2 fully saturated rings. The van der Waals surface area contributed by atoms with Crippen LogP contribution in [0.15, 0.2) is 0 Å². The number of hydrogen-bond donors (Lipinski definition) is 0. The Balaban J connectivity index is 0.000000272. The van der Waals surface area contributed by atoms with Gasteiger partial charge in [0.15, 0.2) is 0 Å². The van der Waals surface area contributed by atoms with E-state index in [1.807, 2.05) is 6.92 Å². The van der Waals surface area contributed by atoms with Gasteiger partial charge in [0, 0.05) is 27.4 Å². The fraction of sp³-hybridized carbons (Fsp3) is 0.941. The van der Waals surface area contributed by atoms with Crippen LogP contribution in [0.25, 0.3) is 0 Å². The smallest absolute Gasteiger partial charge is 0.331 e. The van der Waals surface area contributed by atoms with Crippen molar-refractivity contribution in [3.8, 4) is 0 Å². The van der Waals surface area contributed by atoms with E-state index in [9.17, 15) is 4.79 Å². The molecule has 2 aliphatic heterocycles. The molecule has 0 aromatic carbocycles. The van der Waals surface area contributed by atoms with Gasteiger partial charge in [0.2, 0.25) is 0 Å². The van der Waals surface area contributed by atoms with Crippen molar-refractivity contribution in [3.05, 3.63) is 0 Å². The van der Waals surface area contributed by atoms with Crippen molar-refractivity contribution in [2.75, 3.05) is 41.2 Å². The Morgan fingerprint density at radius 3 is 2.29 bits per heavy atom. The number of hydrogen-bond acceptors (Lipinski definition) is 7. The van der Waals surface area contributed by atoms with Crippen molar-refractivity contribution < 1.29 is 33.2 Å². The average Bonchev–Trinajstić information content (AvgIpc) is 2.60. The minimum absolute atomic E-state index is 0.0154. The van der Waals surface area contributed by atoms with Crippen LogP contribution in [0, 0.1) is 0 Å². The molecule has 7 heteroatoms. The van der Waals surface area contributed by atoms with Gasteiger partial charge in [-0.2, -0.15) is 0 Å². The average molecular weight is 348 g/mol.